The zero-order valence-corrected chi connectivity index (χ0v) is 23.2. The van der Waals surface area contributed by atoms with Crippen LogP contribution in [0.25, 0.3) is 0 Å². The van der Waals surface area contributed by atoms with Crippen molar-refractivity contribution in [2.45, 2.75) is 81.3 Å². The molecule has 1 heterocycles. The molecular weight excluding hydrogens is 512 g/mol. The number of nitrogens with zero attached hydrogens (tertiary/aromatic N) is 2. The van der Waals surface area contributed by atoms with E-state index in [2.05, 4.69) is 32.5 Å². The van der Waals surface area contributed by atoms with E-state index >= 15 is 0 Å². The summed E-state index contributed by atoms with van der Waals surface area (Å²) in [5.41, 5.74) is 12.6. The lowest BCUT2D eigenvalue weighted by molar-refractivity contribution is -0.130. The van der Waals surface area contributed by atoms with Crippen molar-refractivity contribution in [2.24, 2.45) is 9.50 Å². The third-order valence-electron chi connectivity index (χ3n) is 7.97. The summed E-state index contributed by atoms with van der Waals surface area (Å²) < 4.78 is 17.1. The smallest absolute Gasteiger partial charge is 0.341 e. The minimum Gasteiger partial charge on any atom is -0.341 e. The van der Waals surface area contributed by atoms with Gasteiger partial charge >= 0.3 is 6.03 Å². The van der Waals surface area contributed by atoms with Crippen LogP contribution in [0.4, 0.5) is 10.5 Å². The van der Waals surface area contributed by atoms with E-state index in [4.69, 9.17) is 11.6 Å². The van der Waals surface area contributed by atoms with Crippen LogP contribution in [0.2, 0.25) is 0 Å². The van der Waals surface area contributed by atoms with Gasteiger partial charge in [-0.1, -0.05) is 18.2 Å². The van der Waals surface area contributed by atoms with Crippen LogP contribution in [-0.4, -0.2) is 33.8 Å². The Balaban J connectivity index is 1.21. The molecule has 0 spiro atoms. The lowest BCUT2D eigenvalue weighted by Crippen LogP contribution is -2.28. The summed E-state index contributed by atoms with van der Waals surface area (Å²) in [6, 6.07) is 8.33. The monoisotopic (exact) mass is 548 g/mol. The summed E-state index contributed by atoms with van der Waals surface area (Å²) in [6.07, 6.45) is 13.8. The quantitative estimate of drug-likeness (QED) is 0.279. The average molecular weight is 549 g/mol. The second-order valence-electron chi connectivity index (χ2n) is 10.8. The summed E-state index contributed by atoms with van der Waals surface area (Å²) in [5.74, 6) is 2.64. The second kappa shape index (κ2) is 11.1. The Morgan fingerprint density at radius 3 is 2.33 bits per heavy atom. The molecule has 1 aliphatic heterocycles. The molecule has 2 aromatic carbocycles. The van der Waals surface area contributed by atoms with E-state index < -0.39 is 15.9 Å². The highest BCUT2D eigenvalue weighted by molar-refractivity contribution is 7.91. The predicted octanol–water partition coefficient (Wildman–Crippen LogP) is 3.55. The summed E-state index contributed by atoms with van der Waals surface area (Å²) in [6.45, 7) is 0.394. The van der Waals surface area contributed by atoms with E-state index in [1.807, 2.05) is 0 Å². The second-order valence-corrected chi connectivity index (χ2v) is 12.5. The number of nitrogens with two attached hydrogens (primary N) is 1. The highest BCUT2D eigenvalue weighted by atomic mass is 32.2. The van der Waals surface area contributed by atoms with Crippen molar-refractivity contribution in [1.82, 2.24) is 15.8 Å². The van der Waals surface area contributed by atoms with Crippen molar-refractivity contribution >= 4 is 27.5 Å². The Bertz CT molecular complexity index is 1420. The molecule has 1 saturated heterocycles. The summed E-state index contributed by atoms with van der Waals surface area (Å²) >= 11 is 0. The topological polar surface area (TPSA) is 149 Å². The fourth-order valence-electron chi connectivity index (χ4n) is 5.68. The van der Waals surface area contributed by atoms with Crippen LogP contribution < -0.4 is 21.3 Å². The van der Waals surface area contributed by atoms with E-state index in [1.165, 1.54) is 22.3 Å². The number of benzene rings is 2. The van der Waals surface area contributed by atoms with Gasteiger partial charge in [-0.05, 0) is 91.3 Å². The maximum atomic E-state index is 13.2. The third kappa shape index (κ3) is 6.17. The number of urea groups is 1. The Hall–Kier alpha value is -3.23. The first-order valence-electron chi connectivity index (χ1n) is 13.5. The zero-order valence-electron chi connectivity index (χ0n) is 22.3. The van der Waals surface area contributed by atoms with Gasteiger partial charge in [-0.15, -0.1) is 16.7 Å². The molecule has 5 rings (SSSR count). The highest BCUT2D eigenvalue weighted by Gasteiger charge is 2.41. The minimum absolute atomic E-state index is 0.0165. The predicted molar refractivity (Wildman–Crippen MR) is 152 cm³/mol. The van der Waals surface area contributed by atoms with Gasteiger partial charge in [0.15, 0.2) is 0 Å². The van der Waals surface area contributed by atoms with E-state index in [9.17, 15) is 13.8 Å². The summed E-state index contributed by atoms with van der Waals surface area (Å²) in [4.78, 5) is 27.4. The largest absolute Gasteiger partial charge is 0.354 e. The number of carbonyl (C=O) groups excluding carboxylic acids is 2. The van der Waals surface area contributed by atoms with Gasteiger partial charge in [-0.25, -0.2) is 25.0 Å². The molecule has 0 bridgehead atoms. The molecular formula is C29H36N6O3S. The number of hydrogen-bond donors (Lipinski definition) is 4. The maximum Gasteiger partial charge on any atom is 0.354 e. The first-order valence-corrected chi connectivity index (χ1v) is 15.1. The van der Waals surface area contributed by atoms with Crippen molar-refractivity contribution in [2.75, 3.05) is 12.4 Å². The van der Waals surface area contributed by atoms with Crippen molar-refractivity contribution < 1.29 is 13.8 Å². The summed E-state index contributed by atoms with van der Waals surface area (Å²) in [7, 11) is -1.69. The van der Waals surface area contributed by atoms with Gasteiger partial charge in [0, 0.05) is 32.1 Å². The fraction of sp³-hybridized carbons (Fsp3) is 0.448. The molecule has 1 fully saturated rings. The van der Waals surface area contributed by atoms with E-state index in [-0.39, 0.29) is 16.5 Å². The molecule has 39 heavy (non-hydrogen) atoms. The van der Waals surface area contributed by atoms with Gasteiger partial charge in [0.1, 0.15) is 9.92 Å². The molecule has 3 aliphatic rings. The number of terminal acetylenes is 1. The van der Waals surface area contributed by atoms with Crippen LogP contribution in [0.15, 0.2) is 39.6 Å². The van der Waals surface area contributed by atoms with E-state index in [0.717, 1.165) is 56.2 Å². The first-order chi connectivity index (χ1) is 18.7. The number of nitrogens with one attached hydrogen (secondary N) is 3. The molecule has 10 heteroatoms. The van der Waals surface area contributed by atoms with Crippen molar-refractivity contribution in [3.8, 4) is 12.3 Å². The SMILES string of the molecule is C#CCCC1(CCC(=O)N(C)Cc2ccc(S(N)(=O)=NC(=O)Nc3c4c(cc5c3CCC5)CCC4)cc2)NN1. The molecule has 0 saturated carbocycles. The highest BCUT2D eigenvalue weighted by Crippen LogP contribution is 2.38. The van der Waals surface area contributed by atoms with Gasteiger partial charge in [-0.3, -0.25) is 4.79 Å². The molecule has 0 aromatic heterocycles. The molecule has 206 valence electrons. The number of amides is 3. The average Bonchev–Trinajstić information content (AvgIpc) is 3.27. The maximum absolute atomic E-state index is 13.2. The standard InChI is InChI=1S/C29H36N6O3S/c1-3-4-16-29(33-34-29)17-15-26(36)35(2)19-20-11-13-23(14-12-20)39(30,38)32-28(37)31-27-24-9-5-7-21(24)18-22-8-6-10-25(22)27/h1,11-14,18,33-34H,4-10,15-17,19H2,2H3,(H3,30,31,32,37,38). The van der Waals surface area contributed by atoms with Crippen LogP contribution in [-0.2, 0) is 46.9 Å². The van der Waals surface area contributed by atoms with Crippen LogP contribution >= 0.6 is 0 Å². The Morgan fingerprint density at radius 2 is 1.74 bits per heavy atom. The molecule has 0 radical (unpaired) electrons. The van der Waals surface area contributed by atoms with Crippen LogP contribution in [0.3, 0.4) is 0 Å². The van der Waals surface area contributed by atoms with Gasteiger partial charge < -0.3 is 10.2 Å². The van der Waals surface area contributed by atoms with Crippen molar-refractivity contribution in [1.29, 1.82) is 0 Å². The molecule has 1 unspecified atom stereocenters. The number of aryl methyl sites for hydroxylation is 2. The van der Waals surface area contributed by atoms with Gasteiger partial charge in [0.2, 0.25) is 5.91 Å². The number of carbonyl (C=O) groups is 2. The van der Waals surface area contributed by atoms with Crippen molar-refractivity contribution in [3.05, 3.63) is 58.1 Å². The molecule has 3 amide bonds. The minimum atomic E-state index is -3.44. The lowest BCUT2D eigenvalue weighted by atomic mass is 9.99. The molecule has 2 aromatic rings. The van der Waals surface area contributed by atoms with Gasteiger partial charge in [0.25, 0.3) is 0 Å². The molecule has 2 aliphatic carbocycles. The number of fused-ring (bicyclic) bond motifs is 2. The number of hydrazine groups is 1. The molecule has 5 N–H and O–H groups in total. The zero-order chi connectivity index (χ0) is 27.6. The van der Waals surface area contributed by atoms with E-state index in [0.29, 0.717) is 25.8 Å². The number of anilines is 1. The Morgan fingerprint density at radius 1 is 1.10 bits per heavy atom. The third-order valence-corrected chi connectivity index (χ3v) is 9.36. The lowest BCUT2D eigenvalue weighted by Gasteiger charge is -2.19. The van der Waals surface area contributed by atoms with Gasteiger partial charge in [0.05, 0.1) is 10.6 Å². The van der Waals surface area contributed by atoms with Crippen LogP contribution in [0.5, 0.6) is 0 Å². The van der Waals surface area contributed by atoms with Gasteiger partial charge in [-0.2, -0.15) is 0 Å². The fourth-order valence-corrected chi connectivity index (χ4v) is 6.61. The first kappa shape index (κ1) is 27.3. The number of rotatable bonds is 9. The number of hydrogen-bond acceptors (Lipinski definition) is 5. The Labute approximate surface area is 230 Å². The van der Waals surface area contributed by atoms with E-state index in [1.54, 1.807) is 36.2 Å². The summed E-state index contributed by atoms with van der Waals surface area (Å²) in [5, 5.41) is 8.98. The van der Waals surface area contributed by atoms with Crippen molar-refractivity contribution in [3.63, 3.8) is 0 Å². The molecule has 9 nitrogen and oxygen atoms in total. The normalized spacial score (nSPS) is 17.9. The van der Waals surface area contributed by atoms with Crippen LogP contribution in [0, 0.1) is 12.3 Å². The molecule has 1 atom stereocenters. The van der Waals surface area contributed by atoms with Crippen LogP contribution in [0.1, 0.15) is 66.3 Å². The Kier molecular flexibility index (Phi) is 7.78.